The zero-order valence-electron chi connectivity index (χ0n) is 11.5. The van der Waals surface area contributed by atoms with Crippen molar-refractivity contribution in [3.05, 3.63) is 45.6 Å². The summed E-state index contributed by atoms with van der Waals surface area (Å²) >= 11 is 0. The van der Waals surface area contributed by atoms with Gasteiger partial charge in [-0.25, -0.2) is 0 Å². The van der Waals surface area contributed by atoms with Crippen LogP contribution in [0.4, 0.5) is 11.4 Å². The van der Waals surface area contributed by atoms with Crippen LogP contribution >= 0.6 is 0 Å². The van der Waals surface area contributed by atoms with Gasteiger partial charge >= 0.3 is 0 Å². The molecule has 21 heavy (non-hydrogen) atoms. The van der Waals surface area contributed by atoms with E-state index in [1.165, 1.54) is 32.3 Å². The molecule has 3 N–H and O–H groups in total. The number of non-ortho nitro benzene ring substituents is 1. The Bertz CT molecular complexity index is 650. The number of nitrogens with zero attached hydrogens (tertiary/aromatic N) is 2. The number of carbonyl (C=O) groups is 2. The van der Waals surface area contributed by atoms with Crippen molar-refractivity contribution in [3.63, 3.8) is 0 Å². The fourth-order valence-electron chi connectivity index (χ4n) is 1.56. The molecule has 0 aliphatic rings. The van der Waals surface area contributed by atoms with Crippen LogP contribution in [0, 0.1) is 10.1 Å². The monoisotopic (exact) mass is 290 g/mol. The summed E-state index contributed by atoms with van der Waals surface area (Å²) in [4.78, 5) is 37.2. The quantitative estimate of drug-likeness (QED) is 0.277. The van der Waals surface area contributed by atoms with Gasteiger partial charge in [-0.15, -0.1) is 0 Å². The molecule has 0 atom stereocenters. The van der Waals surface area contributed by atoms with Crippen LogP contribution in [-0.2, 0) is 4.79 Å². The SMILES string of the molecule is CN=CC(=CN)C(=O)Nc1ccc([N+](=O)[O-])cc1C(C)=O. The molecule has 0 heterocycles. The van der Waals surface area contributed by atoms with E-state index < -0.39 is 16.6 Å². The molecule has 8 nitrogen and oxygen atoms in total. The molecular formula is C13H14N4O4. The highest BCUT2D eigenvalue weighted by molar-refractivity contribution is 6.19. The van der Waals surface area contributed by atoms with Crippen molar-refractivity contribution in [2.75, 3.05) is 12.4 Å². The van der Waals surface area contributed by atoms with Gasteiger partial charge in [-0.1, -0.05) is 0 Å². The molecule has 0 saturated heterocycles. The van der Waals surface area contributed by atoms with Crippen molar-refractivity contribution in [2.24, 2.45) is 10.7 Å². The van der Waals surface area contributed by atoms with Gasteiger partial charge in [0.25, 0.3) is 11.6 Å². The van der Waals surface area contributed by atoms with Crippen LogP contribution in [0.2, 0.25) is 0 Å². The van der Waals surface area contributed by atoms with Gasteiger partial charge in [0.1, 0.15) is 0 Å². The van der Waals surface area contributed by atoms with Gasteiger partial charge in [-0.3, -0.25) is 24.7 Å². The lowest BCUT2D eigenvalue weighted by Gasteiger charge is -2.09. The van der Waals surface area contributed by atoms with Crippen LogP contribution in [0.5, 0.6) is 0 Å². The minimum absolute atomic E-state index is 0.0439. The second-order valence-electron chi connectivity index (χ2n) is 4.01. The second-order valence-corrected chi connectivity index (χ2v) is 4.01. The molecule has 0 saturated carbocycles. The zero-order valence-corrected chi connectivity index (χ0v) is 11.5. The molecule has 0 aliphatic heterocycles. The van der Waals surface area contributed by atoms with Gasteiger partial charge in [-0.05, 0) is 13.0 Å². The average molecular weight is 290 g/mol. The second kappa shape index (κ2) is 6.94. The number of nitro groups is 1. The lowest BCUT2D eigenvalue weighted by atomic mass is 10.1. The molecule has 0 bridgehead atoms. The highest BCUT2D eigenvalue weighted by Crippen LogP contribution is 2.23. The Balaban J connectivity index is 3.17. The van der Waals surface area contributed by atoms with Gasteiger partial charge in [0, 0.05) is 37.2 Å². The molecule has 0 spiro atoms. The van der Waals surface area contributed by atoms with E-state index in [-0.39, 0.29) is 22.5 Å². The number of anilines is 1. The zero-order chi connectivity index (χ0) is 16.0. The Morgan fingerprint density at radius 1 is 1.43 bits per heavy atom. The van der Waals surface area contributed by atoms with Crippen molar-refractivity contribution in [1.82, 2.24) is 0 Å². The fourth-order valence-corrected chi connectivity index (χ4v) is 1.56. The summed E-state index contributed by atoms with van der Waals surface area (Å²) in [5.74, 6) is -0.976. The maximum Gasteiger partial charge on any atom is 0.270 e. The first-order valence-electron chi connectivity index (χ1n) is 5.85. The van der Waals surface area contributed by atoms with Crippen LogP contribution < -0.4 is 11.1 Å². The molecule has 0 fully saturated rings. The van der Waals surface area contributed by atoms with E-state index in [1.807, 2.05) is 0 Å². The lowest BCUT2D eigenvalue weighted by molar-refractivity contribution is -0.384. The summed E-state index contributed by atoms with van der Waals surface area (Å²) < 4.78 is 0. The minimum Gasteiger partial charge on any atom is -0.404 e. The van der Waals surface area contributed by atoms with Gasteiger partial charge in [0.05, 0.1) is 16.2 Å². The van der Waals surface area contributed by atoms with Crippen molar-refractivity contribution in [2.45, 2.75) is 6.92 Å². The third-order valence-corrected chi connectivity index (χ3v) is 2.55. The van der Waals surface area contributed by atoms with Crippen molar-refractivity contribution < 1.29 is 14.5 Å². The van der Waals surface area contributed by atoms with Crippen LogP contribution in [0.3, 0.4) is 0 Å². The molecule has 110 valence electrons. The fraction of sp³-hybridized carbons (Fsp3) is 0.154. The van der Waals surface area contributed by atoms with E-state index in [0.29, 0.717) is 0 Å². The van der Waals surface area contributed by atoms with Gasteiger partial charge in [0.2, 0.25) is 0 Å². The molecule has 8 heteroatoms. The number of hydrogen-bond acceptors (Lipinski definition) is 6. The number of hydrogen-bond donors (Lipinski definition) is 2. The number of nitro benzene ring substituents is 1. The predicted octanol–water partition coefficient (Wildman–Crippen LogP) is 1.28. The van der Waals surface area contributed by atoms with E-state index in [4.69, 9.17) is 5.73 Å². The van der Waals surface area contributed by atoms with E-state index in [1.54, 1.807) is 0 Å². The molecule has 1 amide bonds. The highest BCUT2D eigenvalue weighted by Gasteiger charge is 2.16. The molecule has 1 aromatic rings. The molecule has 1 aromatic carbocycles. The van der Waals surface area contributed by atoms with Crippen molar-refractivity contribution in [1.29, 1.82) is 0 Å². The topological polar surface area (TPSA) is 128 Å². The number of benzene rings is 1. The standard InChI is InChI=1S/C13H14N4O4/c1-8(18)11-5-10(17(20)21)3-4-12(11)16-13(19)9(6-14)7-15-2/h3-7H,14H2,1-2H3,(H,16,19). The van der Waals surface area contributed by atoms with Crippen LogP contribution in [0.1, 0.15) is 17.3 Å². The first kappa shape index (κ1) is 16.0. The summed E-state index contributed by atoms with van der Waals surface area (Å²) in [6, 6.07) is 3.60. The Labute approximate surface area is 120 Å². The molecule has 1 rings (SSSR count). The molecule has 0 aromatic heterocycles. The highest BCUT2D eigenvalue weighted by atomic mass is 16.6. The smallest absolute Gasteiger partial charge is 0.270 e. The Hall–Kier alpha value is -3.03. The predicted molar refractivity (Wildman–Crippen MR) is 78.4 cm³/mol. The third-order valence-electron chi connectivity index (χ3n) is 2.55. The molecule has 0 unspecified atom stereocenters. The summed E-state index contributed by atoms with van der Waals surface area (Å²) in [5.41, 5.74) is 5.39. The average Bonchev–Trinajstić information content (AvgIpc) is 2.44. The lowest BCUT2D eigenvalue weighted by Crippen LogP contribution is -2.18. The van der Waals surface area contributed by atoms with Gasteiger partial charge < -0.3 is 11.1 Å². The Kier molecular flexibility index (Phi) is 5.30. The number of ketones is 1. The maximum atomic E-state index is 11.9. The molecule has 0 radical (unpaired) electrons. The van der Waals surface area contributed by atoms with E-state index in [2.05, 4.69) is 10.3 Å². The largest absolute Gasteiger partial charge is 0.404 e. The summed E-state index contributed by atoms with van der Waals surface area (Å²) in [6.07, 6.45) is 2.33. The minimum atomic E-state index is -0.618. The Morgan fingerprint density at radius 2 is 2.10 bits per heavy atom. The number of carbonyl (C=O) groups excluding carboxylic acids is 2. The van der Waals surface area contributed by atoms with Crippen LogP contribution in [0.15, 0.2) is 35.0 Å². The van der Waals surface area contributed by atoms with Gasteiger partial charge in [0.15, 0.2) is 5.78 Å². The summed E-state index contributed by atoms with van der Waals surface area (Å²) in [6.45, 7) is 1.25. The van der Waals surface area contributed by atoms with Crippen molar-refractivity contribution in [3.8, 4) is 0 Å². The van der Waals surface area contributed by atoms with Gasteiger partial charge in [-0.2, -0.15) is 0 Å². The third kappa shape index (κ3) is 3.96. The maximum absolute atomic E-state index is 11.9. The number of aliphatic imine (C=N–C) groups is 1. The van der Waals surface area contributed by atoms with E-state index in [0.717, 1.165) is 12.3 Å². The Morgan fingerprint density at radius 3 is 2.57 bits per heavy atom. The molecular weight excluding hydrogens is 276 g/mol. The number of nitrogens with two attached hydrogens (primary N) is 1. The first-order chi connectivity index (χ1) is 9.90. The summed E-state index contributed by atoms with van der Waals surface area (Å²) in [7, 11) is 1.48. The number of rotatable bonds is 5. The normalized spacial score (nSPS) is 11.4. The van der Waals surface area contributed by atoms with E-state index in [9.17, 15) is 19.7 Å². The van der Waals surface area contributed by atoms with Crippen LogP contribution in [-0.4, -0.2) is 29.9 Å². The first-order valence-corrected chi connectivity index (χ1v) is 5.85. The van der Waals surface area contributed by atoms with E-state index >= 15 is 0 Å². The van der Waals surface area contributed by atoms with Crippen LogP contribution in [0.25, 0.3) is 0 Å². The molecule has 0 aliphatic carbocycles. The van der Waals surface area contributed by atoms with Crippen molar-refractivity contribution >= 4 is 29.3 Å². The number of amides is 1. The number of nitrogens with one attached hydrogen (secondary N) is 1. The number of Topliss-reactive ketones (excluding diaryl/α,β-unsaturated/α-hetero) is 1. The summed E-state index contributed by atoms with van der Waals surface area (Å²) in [5, 5.41) is 13.2.